The molecule has 2 aromatic heterocycles. The van der Waals surface area contributed by atoms with Gasteiger partial charge in [0.2, 0.25) is 10.3 Å². The number of hydrogen-bond acceptors (Lipinski definition) is 7. The lowest BCUT2D eigenvalue weighted by Gasteiger charge is -2.03. The van der Waals surface area contributed by atoms with Gasteiger partial charge < -0.3 is 4.90 Å². The molecule has 3 rings (SSSR count). The molecule has 23 heavy (non-hydrogen) atoms. The van der Waals surface area contributed by atoms with E-state index >= 15 is 0 Å². The molecule has 0 radical (unpaired) electrons. The summed E-state index contributed by atoms with van der Waals surface area (Å²) in [5.41, 5.74) is 1.13. The summed E-state index contributed by atoms with van der Waals surface area (Å²) in [6, 6.07) is 10.1. The maximum atomic E-state index is 4.44. The first-order valence-corrected chi connectivity index (χ1v) is 8.75. The molecule has 8 heteroatoms. The molecule has 2 heterocycles. The molecule has 0 unspecified atom stereocenters. The molecule has 6 nitrogen and oxygen atoms in total. The van der Waals surface area contributed by atoms with Crippen LogP contribution >= 0.6 is 23.3 Å². The number of aromatic amines is 1. The molecule has 0 atom stereocenters. The standard InChI is InChI=1S/C15H16N6S2/c1-21(2)15-17-13(20-23-15)10-22-14-16-12(18-19-14)9-8-11-6-4-3-5-7-11/h3-9H,10H2,1-2H3,(H,16,18,19). The fourth-order valence-corrected chi connectivity index (χ4v) is 3.09. The zero-order valence-corrected chi connectivity index (χ0v) is 14.4. The smallest absolute Gasteiger partial charge is 0.209 e. The first kappa shape index (κ1) is 15.7. The van der Waals surface area contributed by atoms with Crippen LogP contribution in [0.15, 0.2) is 35.5 Å². The van der Waals surface area contributed by atoms with E-state index in [4.69, 9.17) is 0 Å². The Bertz CT molecular complexity index is 778. The van der Waals surface area contributed by atoms with Crippen LogP contribution in [0.3, 0.4) is 0 Å². The summed E-state index contributed by atoms with van der Waals surface area (Å²) in [6.07, 6.45) is 3.91. The monoisotopic (exact) mass is 344 g/mol. The van der Waals surface area contributed by atoms with Gasteiger partial charge in [-0.3, -0.25) is 5.10 Å². The zero-order valence-electron chi connectivity index (χ0n) is 12.8. The zero-order chi connectivity index (χ0) is 16.1. The number of rotatable bonds is 6. The molecule has 1 N–H and O–H groups in total. The Hall–Kier alpha value is -2.19. The molecule has 0 saturated carbocycles. The third kappa shape index (κ3) is 4.40. The van der Waals surface area contributed by atoms with E-state index in [0.717, 1.165) is 22.3 Å². The summed E-state index contributed by atoms with van der Waals surface area (Å²) in [5, 5.41) is 8.72. The average molecular weight is 344 g/mol. The molecule has 0 bridgehead atoms. The van der Waals surface area contributed by atoms with Crippen LogP contribution in [0.5, 0.6) is 0 Å². The van der Waals surface area contributed by atoms with Gasteiger partial charge in [-0.2, -0.15) is 4.37 Å². The predicted octanol–water partition coefficient (Wildman–Crippen LogP) is 3.18. The van der Waals surface area contributed by atoms with Crippen LogP contribution < -0.4 is 4.90 Å². The second kappa shape index (κ2) is 7.38. The molecule has 0 aliphatic carbocycles. The van der Waals surface area contributed by atoms with Crippen molar-refractivity contribution in [3.63, 3.8) is 0 Å². The van der Waals surface area contributed by atoms with Crippen molar-refractivity contribution in [3.05, 3.63) is 47.5 Å². The number of thioether (sulfide) groups is 1. The summed E-state index contributed by atoms with van der Waals surface area (Å²) in [6.45, 7) is 0. The third-order valence-corrected chi connectivity index (χ3v) is 4.65. The Balaban J connectivity index is 1.57. The number of aromatic nitrogens is 5. The number of nitrogens with zero attached hydrogens (tertiary/aromatic N) is 5. The lowest BCUT2D eigenvalue weighted by Crippen LogP contribution is -2.07. The van der Waals surface area contributed by atoms with Gasteiger partial charge in [0.05, 0.1) is 5.75 Å². The van der Waals surface area contributed by atoms with Crippen molar-refractivity contribution < 1.29 is 0 Å². The summed E-state index contributed by atoms with van der Waals surface area (Å²) in [7, 11) is 3.91. The number of benzene rings is 1. The quantitative estimate of drug-likeness (QED) is 0.693. The first-order chi connectivity index (χ1) is 11.2. The molecule has 0 fully saturated rings. The van der Waals surface area contributed by atoms with Gasteiger partial charge in [-0.15, -0.1) is 5.10 Å². The van der Waals surface area contributed by atoms with Gasteiger partial charge in [-0.05, 0) is 11.6 Å². The number of nitrogens with one attached hydrogen (secondary N) is 1. The van der Waals surface area contributed by atoms with E-state index in [9.17, 15) is 0 Å². The van der Waals surface area contributed by atoms with Crippen molar-refractivity contribution in [2.45, 2.75) is 10.9 Å². The maximum absolute atomic E-state index is 4.44. The highest BCUT2D eigenvalue weighted by Gasteiger charge is 2.08. The molecule has 0 amide bonds. The van der Waals surface area contributed by atoms with Crippen LogP contribution in [0, 0.1) is 0 Å². The van der Waals surface area contributed by atoms with Gasteiger partial charge in [0.25, 0.3) is 0 Å². The number of H-pyrrole nitrogens is 1. The molecule has 0 saturated heterocycles. The highest BCUT2D eigenvalue weighted by atomic mass is 32.2. The summed E-state index contributed by atoms with van der Waals surface area (Å²) in [5.74, 6) is 2.19. The Morgan fingerprint density at radius 3 is 2.74 bits per heavy atom. The van der Waals surface area contributed by atoms with Crippen LogP contribution in [0.25, 0.3) is 12.2 Å². The van der Waals surface area contributed by atoms with E-state index in [-0.39, 0.29) is 0 Å². The average Bonchev–Trinajstić information content (AvgIpc) is 3.21. The number of anilines is 1. The van der Waals surface area contributed by atoms with Gasteiger partial charge in [0.15, 0.2) is 5.82 Å². The van der Waals surface area contributed by atoms with Crippen LogP contribution in [0.4, 0.5) is 5.13 Å². The van der Waals surface area contributed by atoms with Crippen molar-refractivity contribution >= 4 is 40.6 Å². The van der Waals surface area contributed by atoms with E-state index in [2.05, 4.69) is 24.5 Å². The predicted molar refractivity (Wildman–Crippen MR) is 95.5 cm³/mol. The lowest BCUT2D eigenvalue weighted by atomic mass is 10.2. The molecule has 0 spiro atoms. The molecule has 3 aromatic rings. The SMILES string of the molecule is CN(C)c1nc(CSc2n[nH]c(C=Cc3ccccc3)n2)ns1. The Kier molecular flexibility index (Phi) is 5.04. The molecular formula is C15H16N6S2. The second-order valence-corrected chi connectivity index (χ2v) is 6.60. The molecule has 118 valence electrons. The van der Waals surface area contributed by atoms with Crippen LogP contribution in [0.1, 0.15) is 17.2 Å². The van der Waals surface area contributed by atoms with Crippen LogP contribution in [0.2, 0.25) is 0 Å². The first-order valence-electron chi connectivity index (χ1n) is 6.99. The van der Waals surface area contributed by atoms with Gasteiger partial charge in [0.1, 0.15) is 5.82 Å². The van der Waals surface area contributed by atoms with E-state index in [0.29, 0.717) is 10.9 Å². The number of hydrogen-bond donors (Lipinski definition) is 1. The van der Waals surface area contributed by atoms with Crippen LogP contribution in [-0.4, -0.2) is 38.6 Å². The molecule has 0 aliphatic heterocycles. The third-order valence-electron chi connectivity index (χ3n) is 2.89. The van der Waals surface area contributed by atoms with Crippen molar-refractivity contribution in [1.82, 2.24) is 24.5 Å². The van der Waals surface area contributed by atoms with Crippen molar-refractivity contribution in [2.24, 2.45) is 0 Å². The molecular weight excluding hydrogens is 328 g/mol. The minimum absolute atomic E-state index is 0.657. The highest BCUT2D eigenvalue weighted by molar-refractivity contribution is 7.98. The molecule has 0 aliphatic rings. The maximum Gasteiger partial charge on any atom is 0.209 e. The van der Waals surface area contributed by atoms with E-state index in [1.165, 1.54) is 23.3 Å². The summed E-state index contributed by atoms with van der Waals surface area (Å²) in [4.78, 5) is 10.8. The van der Waals surface area contributed by atoms with Crippen molar-refractivity contribution in [3.8, 4) is 0 Å². The van der Waals surface area contributed by atoms with E-state index in [1.807, 2.05) is 61.5 Å². The minimum Gasteiger partial charge on any atom is -0.353 e. The topological polar surface area (TPSA) is 70.6 Å². The van der Waals surface area contributed by atoms with Crippen molar-refractivity contribution in [1.29, 1.82) is 0 Å². The lowest BCUT2D eigenvalue weighted by molar-refractivity contribution is 0.968. The van der Waals surface area contributed by atoms with E-state index < -0.39 is 0 Å². The highest BCUT2D eigenvalue weighted by Crippen LogP contribution is 2.21. The summed E-state index contributed by atoms with van der Waals surface area (Å²) >= 11 is 2.91. The van der Waals surface area contributed by atoms with Gasteiger partial charge in [-0.1, -0.05) is 48.2 Å². The fourth-order valence-electron chi connectivity index (χ4n) is 1.75. The van der Waals surface area contributed by atoms with Gasteiger partial charge >= 0.3 is 0 Å². The van der Waals surface area contributed by atoms with Crippen molar-refractivity contribution in [2.75, 3.05) is 19.0 Å². The largest absolute Gasteiger partial charge is 0.353 e. The van der Waals surface area contributed by atoms with E-state index in [1.54, 1.807) is 0 Å². The Morgan fingerprint density at radius 2 is 2.00 bits per heavy atom. The van der Waals surface area contributed by atoms with Crippen LogP contribution in [-0.2, 0) is 5.75 Å². The van der Waals surface area contributed by atoms with Gasteiger partial charge in [-0.25, -0.2) is 9.97 Å². The normalized spacial score (nSPS) is 11.2. The second-order valence-electron chi connectivity index (χ2n) is 4.92. The fraction of sp³-hybridized carbons (Fsp3) is 0.200. The van der Waals surface area contributed by atoms with Gasteiger partial charge in [0, 0.05) is 25.6 Å². The molecule has 1 aromatic carbocycles. The minimum atomic E-state index is 0.657. The Labute approximate surface area is 142 Å². The summed E-state index contributed by atoms with van der Waals surface area (Å²) < 4.78 is 4.32. The Morgan fingerprint density at radius 1 is 1.17 bits per heavy atom.